The summed E-state index contributed by atoms with van der Waals surface area (Å²) in [7, 11) is -0.899. The van der Waals surface area contributed by atoms with Crippen molar-refractivity contribution in [3.8, 4) is 0 Å². The van der Waals surface area contributed by atoms with Crippen molar-refractivity contribution in [3.63, 3.8) is 0 Å². The molecular formula is C22H23F2N3O4S. The molecule has 1 fully saturated rings. The van der Waals surface area contributed by atoms with Crippen LogP contribution in [-0.4, -0.2) is 49.8 Å². The summed E-state index contributed by atoms with van der Waals surface area (Å²) in [4.78, 5) is 38.6. The summed E-state index contributed by atoms with van der Waals surface area (Å²) in [5.41, 5.74) is 1.14. The molecule has 0 aliphatic carbocycles. The van der Waals surface area contributed by atoms with E-state index in [4.69, 9.17) is 0 Å². The standard InChI is InChI=1S/C22H23F2N3O4S/c1-12-18(20(29)17(28)9-25-22(2)10-32(31)11-22)16-4-3-7-27(16)19(12)21(30)26-13-5-6-14(23)15(24)8-13/h5-6,8,25H,3-4,7,9-11H2,1-2H3,(H,26,30). The molecule has 3 heterocycles. The molecular weight excluding hydrogens is 440 g/mol. The molecule has 0 radical (unpaired) electrons. The lowest BCUT2D eigenvalue weighted by Crippen LogP contribution is -2.60. The zero-order valence-electron chi connectivity index (χ0n) is 17.7. The number of ketones is 2. The highest BCUT2D eigenvalue weighted by Gasteiger charge is 2.39. The van der Waals surface area contributed by atoms with E-state index in [-0.39, 0.29) is 23.5 Å². The lowest BCUT2D eigenvalue weighted by Gasteiger charge is -2.37. The molecule has 1 aromatic heterocycles. The minimum Gasteiger partial charge on any atom is -0.340 e. The summed E-state index contributed by atoms with van der Waals surface area (Å²) in [5, 5.41) is 5.56. The molecule has 1 amide bonds. The van der Waals surface area contributed by atoms with E-state index < -0.39 is 45.4 Å². The van der Waals surface area contributed by atoms with Gasteiger partial charge in [-0.15, -0.1) is 0 Å². The quantitative estimate of drug-likeness (QED) is 0.484. The third-order valence-corrected chi connectivity index (χ3v) is 7.84. The number of fused-ring (bicyclic) bond motifs is 1. The highest BCUT2D eigenvalue weighted by atomic mass is 32.2. The zero-order chi connectivity index (χ0) is 23.2. The molecule has 2 aliphatic heterocycles. The number of amides is 1. The van der Waals surface area contributed by atoms with Crippen molar-refractivity contribution in [2.75, 3.05) is 23.4 Å². The molecule has 0 bridgehead atoms. The van der Waals surface area contributed by atoms with E-state index in [0.29, 0.717) is 35.7 Å². The fourth-order valence-corrected chi connectivity index (χ4v) is 5.90. The normalized spacial score (nSPS) is 21.7. The molecule has 170 valence electrons. The van der Waals surface area contributed by atoms with Gasteiger partial charge < -0.3 is 15.2 Å². The number of aromatic nitrogens is 1. The molecule has 2 aromatic rings. The smallest absolute Gasteiger partial charge is 0.272 e. The van der Waals surface area contributed by atoms with Gasteiger partial charge in [0.05, 0.1) is 12.1 Å². The Morgan fingerprint density at radius 1 is 1.19 bits per heavy atom. The first-order chi connectivity index (χ1) is 15.1. The van der Waals surface area contributed by atoms with Crippen molar-refractivity contribution in [2.45, 2.75) is 38.8 Å². The van der Waals surface area contributed by atoms with Crippen LogP contribution >= 0.6 is 0 Å². The molecule has 4 rings (SSSR count). The molecule has 1 aromatic carbocycles. The van der Waals surface area contributed by atoms with E-state index >= 15 is 0 Å². The van der Waals surface area contributed by atoms with Crippen LogP contribution < -0.4 is 10.6 Å². The number of carbonyl (C=O) groups is 3. The van der Waals surface area contributed by atoms with E-state index in [1.54, 1.807) is 11.5 Å². The number of nitrogens with one attached hydrogen (secondary N) is 2. The Hall–Kier alpha value is -2.72. The maximum atomic E-state index is 13.5. The summed E-state index contributed by atoms with van der Waals surface area (Å²) in [6.45, 7) is 3.80. The number of Topliss-reactive ketones (excluding diaryl/α,β-unsaturated/α-hetero) is 2. The van der Waals surface area contributed by atoms with Crippen molar-refractivity contribution < 1.29 is 27.4 Å². The second-order valence-electron chi connectivity index (χ2n) is 8.53. The Balaban J connectivity index is 1.56. The van der Waals surface area contributed by atoms with Crippen molar-refractivity contribution in [1.29, 1.82) is 0 Å². The summed E-state index contributed by atoms with van der Waals surface area (Å²) >= 11 is 0. The van der Waals surface area contributed by atoms with Crippen LogP contribution in [0, 0.1) is 18.6 Å². The van der Waals surface area contributed by atoms with Crippen LogP contribution in [0.4, 0.5) is 14.5 Å². The highest BCUT2D eigenvalue weighted by Crippen LogP contribution is 2.30. The van der Waals surface area contributed by atoms with Gasteiger partial charge in [0.1, 0.15) is 5.69 Å². The molecule has 2 N–H and O–H groups in total. The van der Waals surface area contributed by atoms with Crippen LogP contribution in [0.25, 0.3) is 0 Å². The predicted octanol–water partition coefficient (Wildman–Crippen LogP) is 2.14. The van der Waals surface area contributed by atoms with Crippen LogP contribution in [0.3, 0.4) is 0 Å². The predicted molar refractivity (Wildman–Crippen MR) is 115 cm³/mol. The Morgan fingerprint density at radius 2 is 1.91 bits per heavy atom. The number of benzene rings is 1. The number of hydrogen-bond donors (Lipinski definition) is 2. The maximum Gasteiger partial charge on any atom is 0.272 e. The fourth-order valence-electron chi connectivity index (χ4n) is 4.36. The topological polar surface area (TPSA) is 97.3 Å². The van der Waals surface area contributed by atoms with E-state index in [9.17, 15) is 27.4 Å². The van der Waals surface area contributed by atoms with Crippen molar-refractivity contribution >= 4 is 34.0 Å². The summed E-state index contributed by atoms with van der Waals surface area (Å²) in [6.07, 6.45) is 1.27. The van der Waals surface area contributed by atoms with E-state index in [1.165, 1.54) is 6.07 Å². The Kier molecular flexibility index (Phi) is 5.85. The monoisotopic (exact) mass is 463 g/mol. The number of anilines is 1. The van der Waals surface area contributed by atoms with Gasteiger partial charge >= 0.3 is 0 Å². The van der Waals surface area contributed by atoms with Gasteiger partial charge in [0.2, 0.25) is 11.6 Å². The van der Waals surface area contributed by atoms with Crippen LogP contribution in [0.1, 0.15) is 45.4 Å². The average Bonchev–Trinajstić information content (AvgIpc) is 3.26. The third kappa shape index (κ3) is 4.04. The van der Waals surface area contributed by atoms with Gasteiger partial charge in [-0.1, -0.05) is 0 Å². The molecule has 7 nitrogen and oxygen atoms in total. The lowest BCUT2D eigenvalue weighted by molar-refractivity contribution is -0.114. The number of halogens is 2. The lowest BCUT2D eigenvalue weighted by atomic mass is 9.99. The maximum absolute atomic E-state index is 13.5. The minimum absolute atomic E-state index is 0.0844. The molecule has 0 saturated carbocycles. The van der Waals surface area contributed by atoms with E-state index in [0.717, 1.165) is 18.6 Å². The second-order valence-corrected chi connectivity index (χ2v) is 9.99. The first-order valence-electron chi connectivity index (χ1n) is 10.3. The molecule has 32 heavy (non-hydrogen) atoms. The zero-order valence-corrected chi connectivity index (χ0v) is 18.5. The fraction of sp³-hybridized carbons (Fsp3) is 0.409. The Labute approximate surface area is 186 Å². The second kappa shape index (κ2) is 8.32. The van der Waals surface area contributed by atoms with Gasteiger partial charge in [-0.2, -0.15) is 0 Å². The summed E-state index contributed by atoms with van der Waals surface area (Å²) in [5.74, 6) is -3.10. The van der Waals surface area contributed by atoms with E-state index in [2.05, 4.69) is 10.6 Å². The van der Waals surface area contributed by atoms with Gasteiger partial charge in [0.25, 0.3) is 5.91 Å². The largest absolute Gasteiger partial charge is 0.340 e. The highest BCUT2D eigenvalue weighted by molar-refractivity contribution is 7.86. The molecule has 0 unspecified atom stereocenters. The summed E-state index contributed by atoms with van der Waals surface area (Å²) in [6, 6.07) is 3.04. The van der Waals surface area contributed by atoms with Gasteiger partial charge in [0, 0.05) is 51.8 Å². The number of nitrogens with zero attached hydrogens (tertiary/aromatic N) is 1. The molecule has 0 atom stereocenters. The molecule has 2 aliphatic rings. The first kappa shape index (κ1) is 22.5. The van der Waals surface area contributed by atoms with Crippen molar-refractivity contribution in [2.24, 2.45) is 0 Å². The Bertz CT molecular complexity index is 1170. The number of hydrogen-bond acceptors (Lipinski definition) is 5. The van der Waals surface area contributed by atoms with E-state index in [1.807, 2.05) is 6.92 Å². The van der Waals surface area contributed by atoms with Gasteiger partial charge in [-0.25, -0.2) is 8.78 Å². The van der Waals surface area contributed by atoms with Crippen LogP contribution in [0.15, 0.2) is 18.2 Å². The first-order valence-corrected chi connectivity index (χ1v) is 11.7. The van der Waals surface area contributed by atoms with Gasteiger partial charge in [-0.3, -0.25) is 18.6 Å². The summed E-state index contributed by atoms with van der Waals surface area (Å²) < 4.78 is 39.7. The molecule has 10 heteroatoms. The third-order valence-electron chi connectivity index (χ3n) is 5.92. The van der Waals surface area contributed by atoms with Crippen LogP contribution in [0.2, 0.25) is 0 Å². The number of rotatable bonds is 7. The van der Waals surface area contributed by atoms with Gasteiger partial charge in [-0.05, 0) is 44.4 Å². The van der Waals surface area contributed by atoms with Crippen molar-refractivity contribution in [3.05, 3.63) is 52.3 Å². The average molecular weight is 464 g/mol. The van der Waals surface area contributed by atoms with Crippen molar-refractivity contribution in [1.82, 2.24) is 9.88 Å². The van der Waals surface area contributed by atoms with Crippen LogP contribution in [0.5, 0.6) is 0 Å². The SMILES string of the molecule is Cc1c(C(=O)C(=O)CNC2(C)CS(=O)C2)c2n(c1C(=O)Nc1ccc(F)c(F)c1)CCC2. The van der Waals surface area contributed by atoms with Gasteiger partial charge in [0.15, 0.2) is 11.6 Å². The Morgan fingerprint density at radius 3 is 2.56 bits per heavy atom. The number of carbonyl (C=O) groups excluding carboxylic acids is 3. The minimum atomic E-state index is -1.09. The molecule has 1 saturated heterocycles. The molecule has 0 spiro atoms. The van der Waals surface area contributed by atoms with Crippen LogP contribution in [-0.2, 0) is 28.6 Å².